The van der Waals surface area contributed by atoms with E-state index in [0.717, 1.165) is 18.8 Å². The van der Waals surface area contributed by atoms with E-state index in [9.17, 15) is 0 Å². The number of rotatable bonds is 4. The van der Waals surface area contributed by atoms with E-state index >= 15 is 0 Å². The highest BCUT2D eigenvalue weighted by molar-refractivity contribution is 6.21. The van der Waals surface area contributed by atoms with Gasteiger partial charge in [-0.3, -0.25) is 0 Å². The SMILES string of the molecule is [CH2]C(Cl)Cc1ccc(CC(C)C)cc1. The van der Waals surface area contributed by atoms with Crippen molar-refractivity contribution >= 4 is 11.6 Å². The lowest BCUT2D eigenvalue weighted by Crippen LogP contribution is -1.98. The monoisotopic (exact) mass is 209 g/mol. The minimum atomic E-state index is -0.0223. The Morgan fingerprint density at radius 2 is 1.50 bits per heavy atom. The molecule has 1 atom stereocenters. The van der Waals surface area contributed by atoms with Gasteiger partial charge >= 0.3 is 0 Å². The summed E-state index contributed by atoms with van der Waals surface area (Å²) in [6.07, 6.45) is 2.00. The van der Waals surface area contributed by atoms with Gasteiger partial charge in [-0.05, 0) is 36.8 Å². The molecule has 0 nitrogen and oxygen atoms in total. The van der Waals surface area contributed by atoms with Crippen LogP contribution in [0, 0.1) is 12.8 Å². The molecular weight excluding hydrogens is 192 g/mol. The summed E-state index contributed by atoms with van der Waals surface area (Å²) < 4.78 is 0. The molecule has 1 aromatic rings. The maximum Gasteiger partial charge on any atom is 0.0376 e. The Hall–Kier alpha value is -0.490. The van der Waals surface area contributed by atoms with E-state index < -0.39 is 0 Å². The van der Waals surface area contributed by atoms with Gasteiger partial charge in [0.15, 0.2) is 0 Å². The average Bonchev–Trinajstić information content (AvgIpc) is 2.06. The smallest absolute Gasteiger partial charge is 0.0376 e. The van der Waals surface area contributed by atoms with Crippen molar-refractivity contribution in [1.82, 2.24) is 0 Å². The zero-order valence-electron chi connectivity index (χ0n) is 8.96. The largest absolute Gasteiger partial charge is 0.123 e. The quantitative estimate of drug-likeness (QED) is 0.661. The van der Waals surface area contributed by atoms with E-state index in [1.165, 1.54) is 11.1 Å². The molecule has 1 radical (unpaired) electrons. The molecule has 0 aliphatic heterocycles. The average molecular weight is 210 g/mol. The van der Waals surface area contributed by atoms with Crippen LogP contribution >= 0.6 is 11.6 Å². The highest BCUT2D eigenvalue weighted by Gasteiger charge is 2.00. The first-order valence-electron chi connectivity index (χ1n) is 5.13. The first-order chi connectivity index (χ1) is 6.58. The Balaban J connectivity index is 2.59. The second-order valence-corrected chi connectivity index (χ2v) is 4.83. The van der Waals surface area contributed by atoms with Gasteiger partial charge in [0.05, 0.1) is 0 Å². The summed E-state index contributed by atoms with van der Waals surface area (Å²) in [6.45, 7) is 8.24. The van der Waals surface area contributed by atoms with Gasteiger partial charge in [0.25, 0.3) is 0 Å². The number of hydrogen-bond acceptors (Lipinski definition) is 0. The Morgan fingerprint density at radius 1 is 1.07 bits per heavy atom. The van der Waals surface area contributed by atoms with Crippen molar-refractivity contribution in [3.05, 3.63) is 42.3 Å². The molecular formula is C13H18Cl. The molecule has 0 fully saturated rings. The summed E-state index contributed by atoms with van der Waals surface area (Å²) in [5.74, 6) is 0.717. The van der Waals surface area contributed by atoms with Crippen molar-refractivity contribution in [3.63, 3.8) is 0 Å². The molecule has 0 aliphatic carbocycles. The highest BCUT2D eigenvalue weighted by atomic mass is 35.5. The first kappa shape index (κ1) is 11.6. The number of hydrogen-bond donors (Lipinski definition) is 0. The third-order valence-corrected chi connectivity index (χ3v) is 2.28. The molecule has 1 rings (SSSR count). The topological polar surface area (TPSA) is 0 Å². The highest BCUT2D eigenvalue weighted by Crippen LogP contribution is 2.12. The Morgan fingerprint density at radius 3 is 1.86 bits per heavy atom. The lowest BCUT2D eigenvalue weighted by atomic mass is 10.0. The van der Waals surface area contributed by atoms with Gasteiger partial charge in [0.2, 0.25) is 0 Å². The van der Waals surface area contributed by atoms with Crippen molar-refractivity contribution in [2.45, 2.75) is 32.1 Å². The van der Waals surface area contributed by atoms with E-state index in [4.69, 9.17) is 11.6 Å². The van der Waals surface area contributed by atoms with E-state index in [1.807, 2.05) is 0 Å². The third kappa shape index (κ3) is 4.15. The normalized spacial score (nSPS) is 13.2. The third-order valence-electron chi connectivity index (χ3n) is 2.12. The predicted octanol–water partition coefficient (Wildman–Crippen LogP) is 3.87. The Labute approximate surface area is 92.3 Å². The number of alkyl halides is 1. The van der Waals surface area contributed by atoms with Crippen LogP contribution in [0.25, 0.3) is 0 Å². The van der Waals surface area contributed by atoms with Crippen molar-refractivity contribution in [3.8, 4) is 0 Å². The molecule has 0 bridgehead atoms. The van der Waals surface area contributed by atoms with Crippen LogP contribution in [0.15, 0.2) is 24.3 Å². The zero-order chi connectivity index (χ0) is 10.6. The fraction of sp³-hybridized carbons (Fsp3) is 0.462. The van der Waals surface area contributed by atoms with Gasteiger partial charge in [0, 0.05) is 5.38 Å². The molecule has 0 amide bonds. The molecule has 0 heterocycles. The molecule has 1 heteroatoms. The van der Waals surface area contributed by atoms with Gasteiger partial charge in [-0.15, -0.1) is 11.6 Å². The fourth-order valence-electron chi connectivity index (χ4n) is 1.54. The Bertz CT molecular complexity index is 230. The molecule has 1 unspecified atom stereocenters. The molecule has 0 saturated carbocycles. The zero-order valence-corrected chi connectivity index (χ0v) is 9.72. The van der Waals surface area contributed by atoms with Crippen LogP contribution in [0.1, 0.15) is 25.0 Å². The van der Waals surface area contributed by atoms with Crippen molar-refractivity contribution in [1.29, 1.82) is 0 Å². The van der Waals surface area contributed by atoms with Crippen LogP contribution in [-0.4, -0.2) is 5.38 Å². The van der Waals surface area contributed by atoms with Crippen LogP contribution in [0.3, 0.4) is 0 Å². The maximum absolute atomic E-state index is 5.83. The molecule has 0 aromatic heterocycles. The molecule has 0 N–H and O–H groups in total. The molecule has 0 spiro atoms. The van der Waals surface area contributed by atoms with Crippen molar-refractivity contribution in [2.75, 3.05) is 0 Å². The minimum absolute atomic E-state index is 0.0223. The molecule has 1 aromatic carbocycles. The van der Waals surface area contributed by atoms with Crippen LogP contribution in [0.4, 0.5) is 0 Å². The van der Waals surface area contributed by atoms with E-state index in [2.05, 4.69) is 45.0 Å². The lowest BCUT2D eigenvalue weighted by Gasteiger charge is -2.07. The van der Waals surface area contributed by atoms with E-state index in [1.54, 1.807) is 0 Å². The van der Waals surface area contributed by atoms with Gasteiger partial charge in [0.1, 0.15) is 0 Å². The minimum Gasteiger partial charge on any atom is -0.123 e. The second-order valence-electron chi connectivity index (χ2n) is 4.22. The van der Waals surface area contributed by atoms with E-state index in [0.29, 0.717) is 0 Å². The van der Waals surface area contributed by atoms with Crippen LogP contribution in [0.2, 0.25) is 0 Å². The van der Waals surface area contributed by atoms with Gasteiger partial charge in [-0.1, -0.05) is 38.1 Å². The molecule has 77 valence electrons. The number of halogens is 1. The van der Waals surface area contributed by atoms with Crippen LogP contribution in [0.5, 0.6) is 0 Å². The number of benzene rings is 1. The van der Waals surface area contributed by atoms with E-state index in [-0.39, 0.29) is 5.38 Å². The standard InChI is InChI=1S/C13H18Cl/c1-10(2)8-12-4-6-13(7-5-12)9-11(3)14/h4-7,10-11H,3,8-9H2,1-2H3. The van der Waals surface area contributed by atoms with Crippen LogP contribution in [-0.2, 0) is 12.8 Å². The summed E-state index contributed by atoms with van der Waals surface area (Å²) in [5.41, 5.74) is 2.67. The van der Waals surface area contributed by atoms with Gasteiger partial charge < -0.3 is 0 Å². The maximum atomic E-state index is 5.83. The Kier molecular flexibility index (Phi) is 4.47. The summed E-state index contributed by atoms with van der Waals surface area (Å²) in [5, 5.41) is -0.0223. The molecule has 0 saturated heterocycles. The van der Waals surface area contributed by atoms with Crippen LogP contribution < -0.4 is 0 Å². The molecule has 0 aliphatic rings. The van der Waals surface area contributed by atoms with Crippen molar-refractivity contribution in [2.24, 2.45) is 5.92 Å². The lowest BCUT2D eigenvalue weighted by molar-refractivity contribution is 0.647. The first-order valence-corrected chi connectivity index (χ1v) is 5.56. The summed E-state index contributed by atoms with van der Waals surface area (Å²) >= 11 is 5.83. The van der Waals surface area contributed by atoms with Crippen molar-refractivity contribution < 1.29 is 0 Å². The molecule has 14 heavy (non-hydrogen) atoms. The summed E-state index contributed by atoms with van der Waals surface area (Å²) in [4.78, 5) is 0. The van der Waals surface area contributed by atoms with Gasteiger partial charge in [-0.25, -0.2) is 0 Å². The summed E-state index contributed by atoms with van der Waals surface area (Å²) in [7, 11) is 0. The predicted molar refractivity (Wildman–Crippen MR) is 63.7 cm³/mol. The van der Waals surface area contributed by atoms with Gasteiger partial charge in [-0.2, -0.15) is 0 Å². The fourth-order valence-corrected chi connectivity index (χ4v) is 1.72. The summed E-state index contributed by atoms with van der Waals surface area (Å²) in [6, 6.07) is 8.68. The second kappa shape index (κ2) is 5.41.